The summed E-state index contributed by atoms with van der Waals surface area (Å²) in [5.74, 6) is 0.844. The quantitative estimate of drug-likeness (QED) is 0.573. The van der Waals surface area contributed by atoms with E-state index in [1.54, 1.807) is 0 Å². The number of ether oxygens (including phenoxy) is 1. The molecule has 3 heteroatoms. The summed E-state index contributed by atoms with van der Waals surface area (Å²) in [7, 11) is 0. The van der Waals surface area contributed by atoms with Gasteiger partial charge in [0.05, 0.1) is 6.10 Å². The fourth-order valence-corrected chi connectivity index (χ4v) is 1.59. The number of rotatable bonds is 2. The van der Waals surface area contributed by atoms with E-state index in [0.717, 1.165) is 18.8 Å². The van der Waals surface area contributed by atoms with Gasteiger partial charge >= 0.3 is 0 Å². The molecule has 2 nitrogen and oxygen atoms in total. The largest absolute Gasteiger partial charge is 0.377 e. The molecular formula is C7H11NOS. The molecule has 1 rings (SSSR count). The summed E-state index contributed by atoms with van der Waals surface area (Å²) in [5.41, 5.74) is 0. The van der Waals surface area contributed by atoms with Gasteiger partial charge in [-0.3, -0.25) is 0 Å². The fourth-order valence-electron chi connectivity index (χ4n) is 1.07. The van der Waals surface area contributed by atoms with Crippen molar-refractivity contribution in [2.24, 2.45) is 0 Å². The first kappa shape index (κ1) is 7.90. The molecule has 0 bridgehead atoms. The van der Waals surface area contributed by atoms with Gasteiger partial charge in [0, 0.05) is 12.4 Å². The van der Waals surface area contributed by atoms with E-state index in [1.807, 2.05) is 0 Å². The van der Waals surface area contributed by atoms with Crippen LogP contribution >= 0.6 is 11.8 Å². The highest BCUT2D eigenvalue weighted by molar-refractivity contribution is 8.03. The summed E-state index contributed by atoms with van der Waals surface area (Å²) >= 11 is 1.30. The molecular weight excluding hydrogens is 146 g/mol. The Balaban J connectivity index is 2.09. The van der Waals surface area contributed by atoms with Gasteiger partial charge in [-0.25, -0.2) is 0 Å². The van der Waals surface area contributed by atoms with Crippen molar-refractivity contribution in [2.45, 2.75) is 25.4 Å². The molecule has 10 heavy (non-hydrogen) atoms. The Labute approximate surface area is 65.6 Å². The average molecular weight is 157 g/mol. The molecule has 1 saturated heterocycles. The molecule has 1 heterocycles. The minimum absolute atomic E-state index is 0.346. The molecule has 1 aliphatic rings. The van der Waals surface area contributed by atoms with Crippen LogP contribution in [-0.4, -0.2) is 18.5 Å². The molecule has 0 spiro atoms. The van der Waals surface area contributed by atoms with Crippen LogP contribution in [0.25, 0.3) is 0 Å². The predicted octanol–water partition coefficient (Wildman–Crippen LogP) is 1.77. The maximum absolute atomic E-state index is 8.25. The van der Waals surface area contributed by atoms with E-state index in [-0.39, 0.29) is 0 Å². The third-order valence-electron chi connectivity index (χ3n) is 1.61. The van der Waals surface area contributed by atoms with E-state index in [1.165, 1.54) is 24.6 Å². The summed E-state index contributed by atoms with van der Waals surface area (Å²) in [6.07, 6.45) is 3.93. The van der Waals surface area contributed by atoms with Crippen molar-refractivity contribution in [3.63, 3.8) is 0 Å². The number of thiocyanates is 1. The molecule has 0 aromatic carbocycles. The Morgan fingerprint density at radius 3 is 3.10 bits per heavy atom. The van der Waals surface area contributed by atoms with Gasteiger partial charge in [0.25, 0.3) is 0 Å². The van der Waals surface area contributed by atoms with Gasteiger partial charge in [-0.05, 0) is 31.0 Å². The number of nitriles is 1. The minimum atomic E-state index is 0.346. The molecule has 0 saturated carbocycles. The molecule has 1 fully saturated rings. The lowest BCUT2D eigenvalue weighted by Crippen LogP contribution is -2.20. The maximum atomic E-state index is 8.25. The highest BCUT2D eigenvalue weighted by Crippen LogP contribution is 2.16. The third-order valence-corrected chi connectivity index (χ3v) is 2.28. The molecule has 0 amide bonds. The van der Waals surface area contributed by atoms with Crippen molar-refractivity contribution in [1.82, 2.24) is 0 Å². The first-order chi connectivity index (χ1) is 4.93. The second kappa shape index (κ2) is 4.59. The predicted molar refractivity (Wildman–Crippen MR) is 41.7 cm³/mol. The van der Waals surface area contributed by atoms with Crippen LogP contribution in [0.5, 0.6) is 0 Å². The van der Waals surface area contributed by atoms with Crippen molar-refractivity contribution in [1.29, 1.82) is 5.26 Å². The summed E-state index contributed by atoms with van der Waals surface area (Å²) in [6, 6.07) is 0. The molecule has 0 aromatic rings. The molecule has 1 atom stereocenters. The van der Waals surface area contributed by atoms with Gasteiger partial charge in [-0.15, -0.1) is 0 Å². The maximum Gasteiger partial charge on any atom is 0.133 e. The van der Waals surface area contributed by atoms with Crippen LogP contribution in [0, 0.1) is 10.7 Å². The van der Waals surface area contributed by atoms with Crippen LogP contribution < -0.4 is 0 Å². The van der Waals surface area contributed by atoms with Gasteiger partial charge in [-0.2, -0.15) is 5.26 Å². The first-order valence-corrected chi connectivity index (χ1v) is 4.54. The Morgan fingerprint density at radius 2 is 2.50 bits per heavy atom. The normalized spacial score (nSPS) is 25.7. The number of nitrogens with zero attached hydrogens (tertiary/aromatic N) is 1. The second-order valence-corrected chi connectivity index (χ2v) is 3.20. The molecule has 0 radical (unpaired) electrons. The van der Waals surface area contributed by atoms with Crippen LogP contribution in [0.4, 0.5) is 0 Å². The zero-order valence-corrected chi connectivity index (χ0v) is 6.69. The number of hydrogen-bond acceptors (Lipinski definition) is 3. The highest BCUT2D eigenvalue weighted by Gasteiger charge is 2.12. The van der Waals surface area contributed by atoms with Gasteiger partial charge in [0.2, 0.25) is 0 Å². The lowest BCUT2D eigenvalue weighted by Gasteiger charge is -2.20. The van der Waals surface area contributed by atoms with Crippen LogP contribution in [0.3, 0.4) is 0 Å². The van der Waals surface area contributed by atoms with E-state index in [9.17, 15) is 0 Å². The van der Waals surface area contributed by atoms with Crippen LogP contribution in [0.15, 0.2) is 0 Å². The van der Waals surface area contributed by atoms with E-state index in [2.05, 4.69) is 5.40 Å². The third kappa shape index (κ3) is 2.59. The van der Waals surface area contributed by atoms with E-state index >= 15 is 0 Å². The van der Waals surface area contributed by atoms with Crippen molar-refractivity contribution in [3.8, 4) is 5.40 Å². The van der Waals surface area contributed by atoms with Crippen molar-refractivity contribution >= 4 is 11.8 Å². The van der Waals surface area contributed by atoms with Gasteiger partial charge in [0.1, 0.15) is 5.40 Å². The first-order valence-electron chi connectivity index (χ1n) is 3.56. The molecule has 0 N–H and O–H groups in total. The topological polar surface area (TPSA) is 33.0 Å². The summed E-state index contributed by atoms with van der Waals surface area (Å²) < 4.78 is 5.41. The Morgan fingerprint density at radius 1 is 1.60 bits per heavy atom. The number of hydrogen-bond donors (Lipinski definition) is 0. The summed E-state index contributed by atoms with van der Waals surface area (Å²) in [5, 5.41) is 10.3. The lowest BCUT2D eigenvalue weighted by atomic mass is 10.1. The zero-order valence-electron chi connectivity index (χ0n) is 5.88. The van der Waals surface area contributed by atoms with Gasteiger partial charge < -0.3 is 4.74 Å². The Kier molecular flexibility index (Phi) is 3.63. The smallest absolute Gasteiger partial charge is 0.133 e. The molecule has 0 unspecified atom stereocenters. The highest BCUT2D eigenvalue weighted by atomic mass is 32.2. The van der Waals surface area contributed by atoms with E-state index < -0.39 is 0 Å². The molecule has 0 aromatic heterocycles. The second-order valence-electron chi connectivity index (χ2n) is 2.39. The van der Waals surface area contributed by atoms with E-state index in [0.29, 0.717) is 6.10 Å². The summed E-state index contributed by atoms with van der Waals surface area (Å²) in [6.45, 7) is 0.886. The standard InChI is InChI=1S/C7H11NOS/c8-6-10-5-7-3-1-2-4-9-7/h7H,1-5H2/t7-/m0/s1. The number of thioether (sulfide) groups is 1. The monoisotopic (exact) mass is 157 g/mol. The van der Waals surface area contributed by atoms with E-state index in [4.69, 9.17) is 10.00 Å². The van der Waals surface area contributed by atoms with Crippen LogP contribution in [-0.2, 0) is 4.74 Å². The summed E-state index contributed by atoms with van der Waals surface area (Å²) in [4.78, 5) is 0. The average Bonchev–Trinajstić information content (AvgIpc) is 2.03. The Hall–Kier alpha value is -0.200. The molecule has 0 aliphatic carbocycles. The van der Waals surface area contributed by atoms with Gasteiger partial charge in [-0.1, -0.05) is 0 Å². The fraction of sp³-hybridized carbons (Fsp3) is 0.857. The van der Waals surface area contributed by atoms with Crippen LogP contribution in [0.2, 0.25) is 0 Å². The zero-order chi connectivity index (χ0) is 7.23. The van der Waals surface area contributed by atoms with Gasteiger partial charge in [0.15, 0.2) is 0 Å². The van der Waals surface area contributed by atoms with Crippen LogP contribution in [0.1, 0.15) is 19.3 Å². The van der Waals surface area contributed by atoms with Crippen molar-refractivity contribution < 1.29 is 4.74 Å². The van der Waals surface area contributed by atoms with Crippen molar-refractivity contribution in [3.05, 3.63) is 0 Å². The van der Waals surface area contributed by atoms with Crippen molar-refractivity contribution in [2.75, 3.05) is 12.4 Å². The Bertz CT molecular complexity index is 126. The molecule has 56 valence electrons. The SMILES string of the molecule is N#CSC[C@@H]1CCCCO1. The lowest BCUT2D eigenvalue weighted by molar-refractivity contribution is 0.0316. The minimum Gasteiger partial charge on any atom is -0.377 e. The molecule has 1 aliphatic heterocycles.